The number of nitrogens with zero attached hydrogens (tertiary/aromatic N) is 2. The van der Waals surface area contributed by atoms with Gasteiger partial charge in [0.15, 0.2) is 0 Å². The highest BCUT2D eigenvalue weighted by Gasteiger charge is 2.27. The van der Waals surface area contributed by atoms with Crippen LogP contribution in [0.2, 0.25) is 5.02 Å². The van der Waals surface area contributed by atoms with Gasteiger partial charge in [0.2, 0.25) is 0 Å². The predicted molar refractivity (Wildman–Crippen MR) is 86.0 cm³/mol. The Hall–Kier alpha value is -1.66. The summed E-state index contributed by atoms with van der Waals surface area (Å²) in [6.45, 7) is 6.50. The van der Waals surface area contributed by atoms with E-state index in [0.717, 1.165) is 11.6 Å². The first-order valence-electron chi connectivity index (χ1n) is 6.56. The minimum atomic E-state index is -0.559. The van der Waals surface area contributed by atoms with Gasteiger partial charge in [-0.3, -0.25) is 4.79 Å². The molecule has 1 amide bonds. The maximum atomic E-state index is 12.5. The fraction of sp³-hybridized carbons (Fsp3) is 0.357. The molecule has 0 atom stereocenters. The molecule has 0 saturated heterocycles. The van der Waals surface area contributed by atoms with E-state index in [-0.39, 0.29) is 5.91 Å². The smallest absolute Gasteiger partial charge is 0.253 e. The fourth-order valence-corrected chi connectivity index (χ4v) is 2.73. The topological polar surface area (TPSA) is 66.9 Å². The number of hydrogen-bond acceptors (Lipinski definition) is 5. The quantitative estimate of drug-likeness (QED) is 0.885. The Labute approximate surface area is 132 Å². The van der Waals surface area contributed by atoms with E-state index < -0.39 is 5.54 Å². The number of carbonyl (C=O) groups is 1. The van der Waals surface area contributed by atoms with Gasteiger partial charge >= 0.3 is 0 Å². The summed E-state index contributed by atoms with van der Waals surface area (Å²) in [4.78, 5) is 20.8. The van der Waals surface area contributed by atoms with Gasteiger partial charge in [-0.1, -0.05) is 11.6 Å². The highest BCUT2D eigenvalue weighted by Crippen LogP contribution is 2.24. The van der Waals surface area contributed by atoms with Crippen LogP contribution in [-0.4, -0.2) is 22.4 Å². The van der Waals surface area contributed by atoms with Crippen molar-refractivity contribution in [2.75, 3.05) is 11.9 Å². The van der Waals surface area contributed by atoms with Crippen molar-refractivity contribution in [3.63, 3.8) is 0 Å². The summed E-state index contributed by atoms with van der Waals surface area (Å²) in [6.07, 6.45) is 3.20. The van der Waals surface area contributed by atoms with Gasteiger partial charge < -0.3 is 10.6 Å². The van der Waals surface area contributed by atoms with Gasteiger partial charge in [0.25, 0.3) is 5.91 Å². The van der Waals surface area contributed by atoms with Crippen LogP contribution < -0.4 is 10.6 Å². The average Bonchev–Trinajstić information content (AvgIpc) is 2.95. The van der Waals surface area contributed by atoms with Crippen molar-refractivity contribution in [1.29, 1.82) is 0 Å². The minimum Gasteiger partial charge on any atom is -0.370 e. The van der Waals surface area contributed by atoms with E-state index in [4.69, 9.17) is 11.6 Å². The monoisotopic (exact) mass is 324 g/mol. The number of aromatic nitrogens is 2. The molecule has 5 nitrogen and oxygen atoms in total. The zero-order valence-electron chi connectivity index (χ0n) is 12.1. The molecule has 21 heavy (non-hydrogen) atoms. The van der Waals surface area contributed by atoms with Crippen LogP contribution in [-0.2, 0) is 5.54 Å². The Bertz CT molecular complexity index is 628. The summed E-state index contributed by atoms with van der Waals surface area (Å²) in [6, 6.07) is 1.65. The van der Waals surface area contributed by atoms with Crippen LogP contribution in [0.5, 0.6) is 0 Å². The molecule has 0 aliphatic heterocycles. The van der Waals surface area contributed by atoms with Crippen LogP contribution >= 0.6 is 22.9 Å². The molecule has 2 rings (SSSR count). The van der Waals surface area contributed by atoms with Crippen LogP contribution in [0.1, 0.15) is 36.1 Å². The summed E-state index contributed by atoms with van der Waals surface area (Å²) >= 11 is 7.58. The first kappa shape index (κ1) is 15.7. The maximum Gasteiger partial charge on any atom is 0.253 e. The van der Waals surface area contributed by atoms with Crippen LogP contribution in [0, 0.1) is 0 Å². The Morgan fingerprint density at radius 1 is 1.43 bits per heavy atom. The third kappa shape index (κ3) is 3.71. The summed E-state index contributed by atoms with van der Waals surface area (Å²) < 4.78 is 0. The van der Waals surface area contributed by atoms with E-state index in [1.807, 2.05) is 26.2 Å². The largest absolute Gasteiger partial charge is 0.370 e. The van der Waals surface area contributed by atoms with E-state index in [2.05, 4.69) is 20.6 Å². The molecule has 2 aromatic heterocycles. The summed E-state index contributed by atoms with van der Waals surface area (Å²) in [5.41, 5.74) is -0.164. The lowest BCUT2D eigenvalue weighted by Crippen LogP contribution is -2.41. The van der Waals surface area contributed by atoms with Crippen LogP contribution in [0.3, 0.4) is 0 Å². The van der Waals surface area contributed by atoms with Crippen molar-refractivity contribution in [2.24, 2.45) is 0 Å². The first-order chi connectivity index (χ1) is 9.94. The molecule has 112 valence electrons. The number of halogens is 1. The standard InChI is InChI=1S/C14H17ClN4OS/c1-4-16-11-7-9(10(15)8-18-11)12(20)19-14(2,3)13-17-5-6-21-13/h5-8H,4H2,1-3H3,(H,16,18)(H,19,20). The van der Waals surface area contributed by atoms with Crippen LogP contribution in [0.4, 0.5) is 5.82 Å². The molecule has 0 spiro atoms. The highest BCUT2D eigenvalue weighted by atomic mass is 35.5. The molecule has 0 fully saturated rings. The lowest BCUT2D eigenvalue weighted by molar-refractivity contribution is 0.0912. The number of hydrogen-bond donors (Lipinski definition) is 2. The number of nitrogens with one attached hydrogen (secondary N) is 2. The summed E-state index contributed by atoms with van der Waals surface area (Å²) in [5, 5.41) is 9.06. The van der Waals surface area contributed by atoms with Gasteiger partial charge in [0.1, 0.15) is 10.8 Å². The van der Waals surface area contributed by atoms with Crippen molar-refractivity contribution in [3.8, 4) is 0 Å². The predicted octanol–water partition coefficient (Wildman–Crippen LogP) is 3.29. The van der Waals surface area contributed by atoms with Crippen molar-refractivity contribution < 1.29 is 4.79 Å². The van der Waals surface area contributed by atoms with Gasteiger partial charge in [0.05, 0.1) is 16.1 Å². The molecule has 7 heteroatoms. The molecular weight excluding hydrogens is 308 g/mol. The molecule has 0 aromatic carbocycles. The third-order valence-corrected chi connectivity index (χ3v) is 4.25. The molecule has 0 aliphatic rings. The number of amides is 1. The molecular formula is C14H17ClN4OS. The lowest BCUT2D eigenvalue weighted by atomic mass is 10.1. The molecule has 0 radical (unpaired) electrons. The second kappa shape index (κ2) is 6.41. The van der Waals surface area contributed by atoms with Crippen molar-refractivity contribution in [2.45, 2.75) is 26.3 Å². The second-order valence-corrected chi connectivity index (χ2v) is 6.30. The summed E-state index contributed by atoms with van der Waals surface area (Å²) in [7, 11) is 0. The second-order valence-electron chi connectivity index (χ2n) is 5.00. The molecule has 0 aliphatic carbocycles. The van der Waals surface area contributed by atoms with Gasteiger partial charge in [-0.05, 0) is 26.8 Å². The zero-order valence-corrected chi connectivity index (χ0v) is 13.7. The molecule has 0 bridgehead atoms. The van der Waals surface area contributed by atoms with Gasteiger partial charge in [-0.15, -0.1) is 11.3 Å². The number of rotatable bonds is 5. The van der Waals surface area contributed by atoms with Crippen LogP contribution in [0.15, 0.2) is 23.8 Å². The zero-order chi connectivity index (χ0) is 15.5. The molecule has 0 unspecified atom stereocenters. The van der Waals surface area contributed by atoms with Gasteiger partial charge in [0, 0.05) is 24.3 Å². The summed E-state index contributed by atoms with van der Waals surface area (Å²) in [5.74, 6) is 0.376. The van der Waals surface area contributed by atoms with Gasteiger partial charge in [-0.25, -0.2) is 9.97 Å². The average molecular weight is 325 g/mol. The van der Waals surface area contributed by atoms with E-state index in [9.17, 15) is 4.79 Å². The Morgan fingerprint density at radius 2 is 2.19 bits per heavy atom. The van der Waals surface area contributed by atoms with Crippen molar-refractivity contribution in [1.82, 2.24) is 15.3 Å². The molecule has 0 saturated carbocycles. The van der Waals surface area contributed by atoms with E-state index in [1.54, 1.807) is 12.3 Å². The molecule has 2 aromatic rings. The third-order valence-electron chi connectivity index (χ3n) is 2.85. The maximum absolute atomic E-state index is 12.5. The normalized spacial score (nSPS) is 11.2. The number of anilines is 1. The number of carbonyl (C=O) groups excluding carboxylic acids is 1. The van der Waals surface area contributed by atoms with E-state index in [0.29, 0.717) is 16.4 Å². The van der Waals surface area contributed by atoms with Crippen molar-refractivity contribution in [3.05, 3.63) is 39.4 Å². The number of thiazole rings is 1. The van der Waals surface area contributed by atoms with E-state index >= 15 is 0 Å². The van der Waals surface area contributed by atoms with Crippen molar-refractivity contribution >= 4 is 34.7 Å². The minimum absolute atomic E-state index is 0.248. The molecule has 2 N–H and O–H groups in total. The highest BCUT2D eigenvalue weighted by molar-refractivity contribution is 7.09. The van der Waals surface area contributed by atoms with Crippen LogP contribution in [0.25, 0.3) is 0 Å². The first-order valence-corrected chi connectivity index (χ1v) is 7.81. The Balaban J connectivity index is 2.22. The Kier molecular flexibility index (Phi) is 4.80. The van der Waals surface area contributed by atoms with Gasteiger partial charge in [-0.2, -0.15) is 0 Å². The van der Waals surface area contributed by atoms with E-state index in [1.165, 1.54) is 17.5 Å². The SMILES string of the molecule is CCNc1cc(C(=O)NC(C)(C)c2nccs2)c(Cl)cn1. The number of pyridine rings is 1. The lowest BCUT2D eigenvalue weighted by Gasteiger charge is -2.24. The fourth-order valence-electron chi connectivity index (χ4n) is 1.83. The molecule has 2 heterocycles. The Morgan fingerprint density at radius 3 is 2.81 bits per heavy atom.